The first-order valence-electron chi connectivity index (χ1n) is 4.74. The van der Waals surface area contributed by atoms with Crippen molar-refractivity contribution >= 4 is 34.7 Å². The lowest BCUT2D eigenvalue weighted by Gasteiger charge is -1.98. The summed E-state index contributed by atoms with van der Waals surface area (Å²) in [5.74, 6) is 0. The SMILES string of the molecule is OB(O)c1cccc2c1oc1cncnc12. The predicted molar refractivity (Wildman–Crippen MR) is 59.1 cm³/mol. The van der Waals surface area contributed by atoms with E-state index in [4.69, 9.17) is 4.42 Å². The molecule has 2 N–H and O–H groups in total. The van der Waals surface area contributed by atoms with E-state index in [1.807, 2.05) is 6.07 Å². The van der Waals surface area contributed by atoms with Crippen molar-refractivity contribution in [2.75, 3.05) is 0 Å². The number of nitrogens with zero attached hydrogens (tertiary/aromatic N) is 2. The van der Waals surface area contributed by atoms with Gasteiger partial charge in [0.2, 0.25) is 0 Å². The molecule has 5 nitrogen and oxygen atoms in total. The lowest BCUT2D eigenvalue weighted by Crippen LogP contribution is -2.29. The van der Waals surface area contributed by atoms with Crippen LogP contribution >= 0.6 is 0 Å². The molecule has 0 aliphatic heterocycles. The standard InChI is InChI=1S/C10H7BN2O3/c14-11(15)7-3-1-2-6-9-8(16-10(6)7)4-12-5-13-9/h1-5,14-15H. The van der Waals surface area contributed by atoms with Crippen molar-refractivity contribution in [3.63, 3.8) is 0 Å². The van der Waals surface area contributed by atoms with Crippen LogP contribution in [0.3, 0.4) is 0 Å². The van der Waals surface area contributed by atoms with E-state index in [-0.39, 0.29) is 0 Å². The Kier molecular flexibility index (Phi) is 1.92. The van der Waals surface area contributed by atoms with Gasteiger partial charge in [0.1, 0.15) is 17.4 Å². The monoisotopic (exact) mass is 214 g/mol. The number of hydrogen-bond acceptors (Lipinski definition) is 5. The number of hydrogen-bond donors (Lipinski definition) is 2. The first-order valence-corrected chi connectivity index (χ1v) is 4.74. The Balaban J connectivity index is 2.49. The maximum Gasteiger partial charge on any atom is 0.492 e. The summed E-state index contributed by atoms with van der Waals surface area (Å²) in [5.41, 5.74) is 1.97. The van der Waals surface area contributed by atoms with Crippen molar-refractivity contribution in [3.8, 4) is 0 Å². The summed E-state index contributed by atoms with van der Waals surface area (Å²) < 4.78 is 5.50. The molecule has 0 aliphatic carbocycles. The van der Waals surface area contributed by atoms with Gasteiger partial charge in [0.25, 0.3) is 0 Å². The van der Waals surface area contributed by atoms with E-state index in [9.17, 15) is 10.0 Å². The van der Waals surface area contributed by atoms with Gasteiger partial charge in [0.05, 0.1) is 6.20 Å². The molecule has 0 saturated carbocycles. The normalized spacial score (nSPS) is 11.1. The summed E-state index contributed by atoms with van der Waals surface area (Å²) in [6.45, 7) is 0. The molecule has 3 rings (SSSR count). The summed E-state index contributed by atoms with van der Waals surface area (Å²) in [6.07, 6.45) is 2.98. The second kappa shape index (κ2) is 3.29. The highest BCUT2D eigenvalue weighted by atomic mass is 16.4. The van der Waals surface area contributed by atoms with E-state index in [2.05, 4.69) is 9.97 Å². The molecule has 0 amide bonds. The van der Waals surface area contributed by atoms with Crippen LogP contribution < -0.4 is 5.46 Å². The Bertz CT molecular complexity index is 665. The number of benzene rings is 1. The van der Waals surface area contributed by atoms with Gasteiger partial charge in [-0.3, -0.25) is 0 Å². The van der Waals surface area contributed by atoms with Gasteiger partial charge in [-0.1, -0.05) is 12.1 Å². The number of para-hydroxylation sites is 1. The lowest BCUT2D eigenvalue weighted by atomic mass is 9.79. The molecular weight excluding hydrogens is 207 g/mol. The molecule has 6 heteroatoms. The zero-order chi connectivity index (χ0) is 11.1. The second-order valence-corrected chi connectivity index (χ2v) is 3.44. The van der Waals surface area contributed by atoms with Crippen LogP contribution in [-0.2, 0) is 0 Å². The summed E-state index contributed by atoms with van der Waals surface area (Å²) in [4.78, 5) is 7.95. The summed E-state index contributed by atoms with van der Waals surface area (Å²) in [6, 6.07) is 5.15. The molecule has 1 aromatic carbocycles. The zero-order valence-electron chi connectivity index (χ0n) is 8.16. The fourth-order valence-corrected chi connectivity index (χ4v) is 1.76. The van der Waals surface area contributed by atoms with Gasteiger partial charge >= 0.3 is 7.12 Å². The minimum Gasteiger partial charge on any atom is -0.453 e. The molecule has 0 spiro atoms. The minimum atomic E-state index is -1.56. The molecule has 0 bridgehead atoms. The minimum absolute atomic E-state index is 0.329. The molecule has 3 aromatic rings. The molecule has 0 radical (unpaired) electrons. The topological polar surface area (TPSA) is 79.4 Å². The molecule has 2 heterocycles. The molecular formula is C10H7BN2O3. The van der Waals surface area contributed by atoms with E-state index in [0.717, 1.165) is 5.39 Å². The van der Waals surface area contributed by atoms with Gasteiger partial charge in [-0.15, -0.1) is 0 Å². The van der Waals surface area contributed by atoms with Gasteiger partial charge in [-0.25, -0.2) is 9.97 Å². The third-order valence-corrected chi connectivity index (χ3v) is 2.47. The molecule has 16 heavy (non-hydrogen) atoms. The number of fused-ring (bicyclic) bond motifs is 3. The van der Waals surface area contributed by atoms with Crippen molar-refractivity contribution in [3.05, 3.63) is 30.7 Å². The van der Waals surface area contributed by atoms with Crippen LogP contribution in [0.4, 0.5) is 0 Å². The van der Waals surface area contributed by atoms with Crippen molar-refractivity contribution in [1.29, 1.82) is 0 Å². The number of rotatable bonds is 1. The highest BCUT2D eigenvalue weighted by molar-refractivity contribution is 6.61. The highest BCUT2D eigenvalue weighted by Gasteiger charge is 2.19. The quantitative estimate of drug-likeness (QED) is 0.559. The van der Waals surface area contributed by atoms with E-state index < -0.39 is 7.12 Å². The average Bonchev–Trinajstić information content (AvgIpc) is 2.67. The van der Waals surface area contributed by atoms with Crippen LogP contribution in [0.1, 0.15) is 0 Å². The first kappa shape index (κ1) is 9.32. The van der Waals surface area contributed by atoms with Gasteiger partial charge in [-0.2, -0.15) is 0 Å². The van der Waals surface area contributed by atoms with Gasteiger partial charge in [-0.05, 0) is 6.07 Å². The first-order chi connectivity index (χ1) is 7.77. The smallest absolute Gasteiger partial charge is 0.453 e. The summed E-state index contributed by atoms with van der Waals surface area (Å²) >= 11 is 0. The number of furan rings is 1. The summed E-state index contributed by atoms with van der Waals surface area (Å²) in [5, 5.41) is 19.2. The maximum absolute atomic E-state index is 9.21. The van der Waals surface area contributed by atoms with Gasteiger partial charge in [0, 0.05) is 10.8 Å². The van der Waals surface area contributed by atoms with Crippen LogP contribution in [-0.4, -0.2) is 27.1 Å². The highest BCUT2D eigenvalue weighted by Crippen LogP contribution is 2.24. The number of aromatic nitrogens is 2. The molecule has 0 unspecified atom stereocenters. The van der Waals surface area contributed by atoms with Crippen molar-refractivity contribution in [2.24, 2.45) is 0 Å². The Labute approximate surface area is 90.5 Å². The fourth-order valence-electron chi connectivity index (χ4n) is 1.76. The Morgan fingerprint density at radius 1 is 1.25 bits per heavy atom. The van der Waals surface area contributed by atoms with Crippen molar-refractivity contribution in [1.82, 2.24) is 9.97 Å². The Morgan fingerprint density at radius 2 is 2.12 bits per heavy atom. The van der Waals surface area contributed by atoms with E-state index in [1.165, 1.54) is 6.33 Å². The molecule has 0 aliphatic rings. The molecule has 0 saturated heterocycles. The maximum atomic E-state index is 9.21. The van der Waals surface area contributed by atoms with E-state index >= 15 is 0 Å². The van der Waals surface area contributed by atoms with Crippen LogP contribution in [0.2, 0.25) is 0 Å². The van der Waals surface area contributed by atoms with Gasteiger partial charge in [0.15, 0.2) is 5.58 Å². The summed E-state index contributed by atoms with van der Waals surface area (Å²) in [7, 11) is -1.56. The van der Waals surface area contributed by atoms with Crippen molar-refractivity contribution < 1.29 is 14.5 Å². The Morgan fingerprint density at radius 3 is 2.94 bits per heavy atom. The third-order valence-electron chi connectivity index (χ3n) is 2.47. The zero-order valence-corrected chi connectivity index (χ0v) is 8.16. The van der Waals surface area contributed by atoms with Crippen LogP contribution in [0.25, 0.3) is 22.1 Å². The van der Waals surface area contributed by atoms with Crippen molar-refractivity contribution in [2.45, 2.75) is 0 Å². The molecule has 2 aromatic heterocycles. The van der Waals surface area contributed by atoms with Crippen LogP contribution in [0.15, 0.2) is 35.1 Å². The fraction of sp³-hybridized carbons (Fsp3) is 0. The molecule has 78 valence electrons. The molecule has 0 fully saturated rings. The van der Waals surface area contributed by atoms with Crippen LogP contribution in [0, 0.1) is 0 Å². The molecule has 0 atom stereocenters. The average molecular weight is 214 g/mol. The predicted octanol–water partition coefficient (Wildman–Crippen LogP) is 0.0558. The van der Waals surface area contributed by atoms with Gasteiger partial charge < -0.3 is 14.5 Å². The van der Waals surface area contributed by atoms with E-state index in [1.54, 1.807) is 18.3 Å². The third kappa shape index (κ3) is 1.21. The van der Waals surface area contributed by atoms with E-state index in [0.29, 0.717) is 22.1 Å². The lowest BCUT2D eigenvalue weighted by molar-refractivity contribution is 0.425. The Hall–Kier alpha value is -1.92. The second-order valence-electron chi connectivity index (χ2n) is 3.44. The van der Waals surface area contributed by atoms with Crippen LogP contribution in [0.5, 0.6) is 0 Å². The largest absolute Gasteiger partial charge is 0.492 e.